The van der Waals surface area contributed by atoms with E-state index in [1.165, 1.54) is 35.4 Å². The van der Waals surface area contributed by atoms with Crippen LogP contribution in [0.25, 0.3) is 0 Å². The van der Waals surface area contributed by atoms with Crippen LogP contribution in [0.3, 0.4) is 0 Å². The number of carbonyl (C=O) groups is 1. The summed E-state index contributed by atoms with van der Waals surface area (Å²) in [6.07, 6.45) is 4.65. The van der Waals surface area contributed by atoms with Gasteiger partial charge in [0.05, 0.1) is 17.8 Å². The number of pyridine rings is 1. The van der Waals surface area contributed by atoms with E-state index in [0.29, 0.717) is 24.1 Å². The third kappa shape index (κ3) is 4.44. The van der Waals surface area contributed by atoms with E-state index in [1.54, 1.807) is 0 Å². The average Bonchev–Trinajstić information content (AvgIpc) is 3.54. The number of rotatable bonds is 7. The summed E-state index contributed by atoms with van der Waals surface area (Å²) >= 11 is 5.79. The van der Waals surface area contributed by atoms with E-state index >= 15 is 0 Å². The molecule has 0 radical (unpaired) electrons. The van der Waals surface area contributed by atoms with E-state index in [-0.39, 0.29) is 18.0 Å². The van der Waals surface area contributed by atoms with Gasteiger partial charge in [-0.3, -0.25) is 9.78 Å². The smallest absolute Gasteiger partial charge is 0.226 e. The fourth-order valence-corrected chi connectivity index (χ4v) is 5.40. The Morgan fingerprint density at radius 1 is 1.15 bits per heavy atom. The van der Waals surface area contributed by atoms with E-state index in [4.69, 9.17) is 12.2 Å². The molecular formula is C27H31N5OS. The SMILES string of the molecule is Cc1ccc(NC(=O)CCN2C(=S)N[C@@H](c3ccccn3)[C@@H]2c2cc(C)n(C3CC3)c2C)cc1. The molecule has 6 nitrogen and oxygen atoms in total. The Hall–Kier alpha value is -3.19. The minimum Gasteiger partial charge on any atom is -0.352 e. The number of thiocarbonyl (C=S) groups is 1. The first kappa shape index (κ1) is 22.6. The zero-order valence-electron chi connectivity index (χ0n) is 19.9. The second-order valence-corrected chi connectivity index (χ2v) is 9.80. The van der Waals surface area contributed by atoms with Gasteiger partial charge in [-0.15, -0.1) is 0 Å². The lowest BCUT2D eigenvalue weighted by Crippen LogP contribution is -2.32. The van der Waals surface area contributed by atoms with Crippen molar-refractivity contribution in [3.05, 3.63) is 82.9 Å². The van der Waals surface area contributed by atoms with Crippen molar-refractivity contribution in [2.75, 3.05) is 11.9 Å². The lowest BCUT2D eigenvalue weighted by molar-refractivity contribution is -0.116. The molecule has 2 fully saturated rings. The zero-order chi connectivity index (χ0) is 23.8. The van der Waals surface area contributed by atoms with E-state index in [2.05, 4.69) is 45.0 Å². The van der Waals surface area contributed by atoms with Gasteiger partial charge in [-0.05, 0) is 81.7 Å². The topological polar surface area (TPSA) is 62.2 Å². The third-order valence-corrected chi connectivity index (χ3v) is 7.22. The molecule has 1 aromatic carbocycles. The number of hydrogen-bond donors (Lipinski definition) is 2. The van der Waals surface area contributed by atoms with Gasteiger partial charge in [0.2, 0.25) is 5.91 Å². The maximum Gasteiger partial charge on any atom is 0.226 e. The van der Waals surface area contributed by atoms with E-state index in [0.717, 1.165) is 11.4 Å². The molecule has 2 aliphatic rings. The highest BCUT2D eigenvalue weighted by Crippen LogP contribution is 2.44. The summed E-state index contributed by atoms with van der Waals surface area (Å²) < 4.78 is 2.47. The quantitative estimate of drug-likeness (QED) is 0.465. The number of aryl methyl sites for hydroxylation is 2. The fourth-order valence-electron chi connectivity index (χ4n) is 5.06. The first-order valence-electron chi connectivity index (χ1n) is 12.0. The maximum absolute atomic E-state index is 12.8. The summed E-state index contributed by atoms with van der Waals surface area (Å²) in [5, 5.41) is 7.18. The summed E-state index contributed by atoms with van der Waals surface area (Å²) in [4.78, 5) is 19.6. The van der Waals surface area contributed by atoms with Crippen molar-refractivity contribution in [1.29, 1.82) is 0 Å². The van der Waals surface area contributed by atoms with Crippen LogP contribution in [0.15, 0.2) is 54.7 Å². The Balaban J connectivity index is 1.40. The van der Waals surface area contributed by atoms with Crippen molar-refractivity contribution < 1.29 is 4.79 Å². The number of benzene rings is 1. The molecule has 34 heavy (non-hydrogen) atoms. The summed E-state index contributed by atoms with van der Waals surface area (Å²) in [6, 6.07) is 16.7. The minimum atomic E-state index is -0.0676. The van der Waals surface area contributed by atoms with E-state index < -0.39 is 0 Å². The minimum absolute atomic E-state index is 0.0184. The second kappa shape index (κ2) is 9.22. The fraction of sp³-hybridized carbons (Fsp3) is 0.370. The first-order valence-corrected chi connectivity index (χ1v) is 12.4. The zero-order valence-corrected chi connectivity index (χ0v) is 20.7. The van der Waals surface area contributed by atoms with Crippen LogP contribution in [0.1, 0.15) is 65.6 Å². The van der Waals surface area contributed by atoms with E-state index in [9.17, 15) is 4.79 Å². The number of carbonyl (C=O) groups excluding carboxylic acids is 1. The molecule has 0 spiro atoms. The molecule has 3 aromatic rings. The molecule has 1 aliphatic heterocycles. The highest BCUT2D eigenvalue weighted by Gasteiger charge is 2.42. The normalized spacial score (nSPS) is 19.9. The molecular weight excluding hydrogens is 442 g/mol. The molecule has 176 valence electrons. The van der Waals surface area contributed by atoms with Crippen molar-refractivity contribution >= 4 is 28.9 Å². The van der Waals surface area contributed by atoms with Gasteiger partial charge >= 0.3 is 0 Å². The molecule has 1 saturated carbocycles. The predicted molar refractivity (Wildman–Crippen MR) is 139 cm³/mol. The monoisotopic (exact) mass is 473 g/mol. The predicted octanol–water partition coefficient (Wildman–Crippen LogP) is 5.14. The van der Waals surface area contributed by atoms with Gasteiger partial charge in [-0.25, -0.2) is 0 Å². The second-order valence-electron chi connectivity index (χ2n) is 9.41. The largest absolute Gasteiger partial charge is 0.352 e. The molecule has 1 aliphatic carbocycles. The lowest BCUT2D eigenvalue weighted by Gasteiger charge is -2.28. The standard InChI is InChI=1S/C27H31N5OS/c1-17-7-9-20(10-8-17)29-24(33)13-15-31-26(22-16-18(2)32(19(22)3)21-11-12-21)25(30-27(31)34)23-6-4-5-14-28-23/h4-10,14,16,21,25-26H,11-13,15H2,1-3H3,(H,29,33)(H,30,34)/t25-,26-/m0/s1. The van der Waals surface area contributed by atoms with Crippen molar-refractivity contribution in [2.45, 2.75) is 58.2 Å². The highest BCUT2D eigenvalue weighted by atomic mass is 32.1. The number of amides is 1. The van der Waals surface area contributed by atoms with Crippen molar-refractivity contribution in [2.24, 2.45) is 0 Å². The average molecular weight is 474 g/mol. The summed E-state index contributed by atoms with van der Waals surface area (Å²) in [7, 11) is 0. The van der Waals surface area contributed by atoms with Gasteiger partial charge in [0.15, 0.2) is 5.11 Å². The molecule has 3 heterocycles. The van der Waals surface area contributed by atoms with Crippen LogP contribution in [0.4, 0.5) is 5.69 Å². The van der Waals surface area contributed by atoms with Gasteiger partial charge in [0.1, 0.15) is 0 Å². The van der Waals surface area contributed by atoms with Gasteiger partial charge in [0.25, 0.3) is 0 Å². The molecule has 7 heteroatoms. The van der Waals surface area contributed by atoms with Crippen LogP contribution in [-0.4, -0.2) is 32.0 Å². The Morgan fingerprint density at radius 2 is 1.91 bits per heavy atom. The van der Waals surface area contributed by atoms with Crippen LogP contribution in [0, 0.1) is 20.8 Å². The number of aromatic nitrogens is 2. The molecule has 2 aromatic heterocycles. The molecule has 2 atom stereocenters. The Morgan fingerprint density at radius 3 is 2.59 bits per heavy atom. The molecule has 1 amide bonds. The van der Waals surface area contributed by atoms with Gasteiger partial charge < -0.3 is 20.1 Å². The van der Waals surface area contributed by atoms with Gasteiger partial charge in [0, 0.05) is 42.3 Å². The number of hydrogen-bond acceptors (Lipinski definition) is 3. The molecule has 0 bridgehead atoms. The molecule has 1 saturated heterocycles. The summed E-state index contributed by atoms with van der Waals surface area (Å²) in [5.74, 6) is -0.0184. The number of anilines is 1. The van der Waals surface area contributed by atoms with Gasteiger partial charge in [-0.2, -0.15) is 0 Å². The van der Waals surface area contributed by atoms with Crippen molar-refractivity contribution in [3.63, 3.8) is 0 Å². The Bertz CT molecular complexity index is 1200. The summed E-state index contributed by atoms with van der Waals surface area (Å²) in [6.45, 7) is 6.96. The molecule has 0 unspecified atom stereocenters. The summed E-state index contributed by atoms with van der Waals surface area (Å²) in [5.41, 5.74) is 6.76. The van der Waals surface area contributed by atoms with Crippen molar-refractivity contribution in [3.8, 4) is 0 Å². The first-order chi connectivity index (χ1) is 16.4. The Labute approximate surface area is 206 Å². The maximum atomic E-state index is 12.8. The molecule has 2 N–H and O–H groups in total. The Kier molecular flexibility index (Phi) is 6.13. The van der Waals surface area contributed by atoms with Crippen LogP contribution in [0.2, 0.25) is 0 Å². The third-order valence-electron chi connectivity index (χ3n) is 6.87. The van der Waals surface area contributed by atoms with Crippen molar-refractivity contribution in [1.82, 2.24) is 19.8 Å². The van der Waals surface area contributed by atoms with Crippen LogP contribution in [-0.2, 0) is 4.79 Å². The van der Waals surface area contributed by atoms with E-state index in [1.807, 2.05) is 55.6 Å². The molecule has 5 rings (SSSR count). The number of nitrogens with zero attached hydrogens (tertiary/aromatic N) is 3. The number of nitrogens with one attached hydrogen (secondary N) is 2. The van der Waals surface area contributed by atoms with Crippen LogP contribution in [0.5, 0.6) is 0 Å². The lowest BCUT2D eigenvalue weighted by atomic mass is 9.96. The van der Waals surface area contributed by atoms with Crippen LogP contribution < -0.4 is 10.6 Å². The highest BCUT2D eigenvalue weighted by molar-refractivity contribution is 7.80. The van der Waals surface area contributed by atoms with Crippen LogP contribution >= 0.6 is 12.2 Å². The van der Waals surface area contributed by atoms with Gasteiger partial charge in [-0.1, -0.05) is 23.8 Å².